The molecule has 1 aromatic carbocycles. The van der Waals surface area contributed by atoms with Crippen LogP contribution in [0.5, 0.6) is 0 Å². The minimum Gasteiger partial charge on any atom is -0.384 e. The van der Waals surface area contributed by atoms with Crippen molar-refractivity contribution in [1.82, 2.24) is 15.1 Å². The van der Waals surface area contributed by atoms with Gasteiger partial charge in [-0.25, -0.2) is 0 Å². The third kappa shape index (κ3) is 5.01. The number of likely N-dealkylation sites (tertiary alicyclic amines) is 1. The molecular weight excluding hydrogens is 508 g/mol. The molecule has 4 amide bonds. The number of amides is 4. The van der Waals surface area contributed by atoms with Crippen LogP contribution in [-0.2, 0) is 14.3 Å². The van der Waals surface area contributed by atoms with E-state index in [-0.39, 0.29) is 18.7 Å². The Kier molecular flexibility index (Phi) is 7.35. The molecule has 0 radical (unpaired) electrons. The van der Waals surface area contributed by atoms with E-state index in [4.69, 9.17) is 4.74 Å². The van der Waals surface area contributed by atoms with Crippen molar-refractivity contribution in [2.45, 2.75) is 57.9 Å². The first-order valence-corrected chi connectivity index (χ1v) is 14.7. The van der Waals surface area contributed by atoms with Gasteiger partial charge in [0, 0.05) is 37.7 Å². The summed E-state index contributed by atoms with van der Waals surface area (Å²) in [6.45, 7) is 7.92. The number of piperidine rings is 2. The maximum absolute atomic E-state index is 13.4. The fourth-order valence-electron chi connectivity index (χ4n) is 6.96. The molecule has 2 N–H and O–H groups in total. The quantitative estimate of drug-likeness (QED) is 0.506. The van der Waals surface area contributed by atoms with Gasteiger partial charge in [0.15, 0.2) is 0 Å². The molecule has 6 rings (SSSR count). The molecule has 3 saturated heterocycles. The van der Waals surface area contributed by atoms with Crippen LogP contribution in [0.4, 0.5) is 5.69 Å². The van der Waals surface area contributed by atoms with Gasteiger partial charge < -0.3 is 10.1 Å². The van der Waals surface area contributed by atoms with Crippen LogP contribution < -0.4 is 10.6 Å². The van der Waals surface area contributed by atoms with Crippen LogP contribution in [0.2, 0.25) is 0 Å². The lowest BCUT2D eigenvalue weighted by Gasteiger charge is -2.38. The van der Waals surface area contributed by atoms with Crippen molar-refractivity contribution in [3.8, 4) is 0 Å². The number of allylic oxidation sites excluding steroid dienone is 1. The lowest BCUT2D eigenvalue weighted by molar-refractivity contribution is -0.136. The Morgan fingerprint density at radius 1 is 1.10 bits per heavy atom. The highest BCUT2D eigenvalue weighted by Crippen LogP contribution is 2.39. The molecule has 0 aromatic heterocycles. The summed E-state index contributed by atoms with van der Waals surface area (Å²) in [4.78, 5) is 54.1. The average Bonchev–Trinajstić information content (AvgIpc) is 3.52. The number of hydrogen-bond donors (Lipinski definition) is 2. The smallest absolute Gasteiger partial charge is 0.264 e. The van der Waals surface area contributed by atoms with Crippen molar-refractivity contribution in [2.75, 3.05) is 44.7 Å². The second-order valence-electron chi connectivity index (χ2n) is 11.9. The highest BCUT2D eigenvalue weighted by Gasteiger charge is 2.45. The Bertz CT molecular complexity index is 1280. The highest BCUT2D eigenvalue weighted by atomic mass is 16.5. The molecule has 0 saturated carbocycles. The normalized spacial score (nSPS) is 26.6. The van der Waals surface area contributed by atoms with Crippen molar-refractivity contribution in [3.63, 3.8) is 0 Å². The number of carbonyl (C=O) groups is 4. The van der Waals surface area contributed by atoms with Gasteiger partial charge in [-0.1, -0.05) is 30.7 Å². The molecule has 212 valence electrons. The molecule has 0 bridgehead atoms. The molecule has 4 aliphatic heterocycles. The Morgan fingerprint density at radius 3 is 2.65 bits per heavy atom. The number of nitrogens with one attached hydrogen (secondary N) is 2. The van der Waals surface area contributed by atoms with Gasteiger partial charge in [0.05, 0.1) is 17.7 Å². The van der Waals surface area contributed by atoms with E-state index in [0.29, 0.717) is 34.7 Å². The number of imide groups is 2. The van der Waals surface area contributed by atoms with Crippen molar-refractivity contribution in [1.29, 1.82) is 0 Å². The molecule has 2 atom stereocenters. The lowest BCUT2D eigenvalue weighted by Crippen LogP contribution is -2.54. The Labute approximate surface area is 235 Å². The summed E-state index contributed by atoms with van der Waals surface area (Å²) >= 11 is 0. The van der Waals surface area contributed by atoms with Gasteiger partial charge in [-0.2, -0.15) is 0 Å². The zero-order valence-corrected chi connectivity index (χ0v) is 23.2. The van der Waals surface area contributed by atoms with E-state index in [2.05, 4.69) is 34.6 Å². The van der Waals surface area contributed by atoms with Gasteiger partial charge in [0.25, 0.3) is 11.8 Å². The highest BCUT2D eigenvalue weighted by molar-refractivity contribution is 6.25. The molecule has 1 aliphatic carbocycles. The summed E-state index contributed by atoms with van der Waals surface area (Å²) in [6, 6.07) is 4.24. The van der Waals surface area contributed by atoms with Crippen LogP contribution in [0, 0.1) is 11.3 Å². The second kappa shape index (κ2) is 10.9. The molecule has 40 heavy (non-hydrogen) atoms. The number of ether oxygens (including phenoxy) is 1. The summed E-state index contributed by atoms with van der Waals surface area (Å²) in [5.74, 6) is -1.65. The number of rotatable bonds is 7. The lowest BCUT2D eigenvalue weighted by atomic mass is 9.78. The van der Waals surface area contributed by atoms with E-state index in [1.54, 1.807) is 12.1 Å². The number of carbonyl (C=O) groups excluding carboxylic acids is 4. The average molecular weight is 547 g/mol. The van der Waals surface area contributed by atoms with Crippen LogP contribution in [0.15, 0.2) is 41.5 Å². The first-order valence-electron chi connectivity index (χ1n) is 14.7. The third-order valence-electron chi connectivity index (χ3n) is 9.48. The molecule has 3 fully saturated rings. The molecule has 1 spiro atoms. The fourth-order valence-corrected chi connectivity index (χ4v) is 6.96. The van der Waals surface area contributed by atoms with Gasteiger partial charge in [0.1, 0.15) is 6.04 Å². The standard InChI is InChI=1S/C31H38N4O5/c1-2-21-16-20(18-34-13-10-31(11-14-34)12-15-40-19-31)6-7-22(21)17-32-24-5-3-4-23-27(24)30(39)35(29(23)38)25-8-9-26(36)33-28(25)37/h3-6,16,22,25,32H,2,7-15,17-19H2,1H3,(H,33,36,37). The van der Waals surface area contributed by atoms with E-state index < -0.39 is 23.8 Å². The predicted molar refractivity (Wildman–Crippen MR) is 150 cm³/mol. The maximum atomic E-state index is 13.4. The maximum Gasteiger partial charge on any atom is 0.264 e. The summed E-state index contributed by atoms with van der Waals surface area (Å²) in [6.07, 6.45) is 10.5. The minimum absolute atomic E-state index is 0.103. The monoisotopic (exact) mass is 546 g/mol. The first kappa shape index (κ1) is 26.9. The SMILES string of the molecule is CCC1=CC(CN2CCC3(CCOC3)CC2)=CCC1CNc1cccc2c1C(=O)N(C1CCC(=O)NC1=O)C2=O. The Morgan fingerprint density at radius 2 is 1.93 bits per heavy atom. The van der Waals surface area contributed by atoms with Crippen LogP contribution in [0.25, 0.3) is 0 Å². The van der Waals surface area contributed by atoms with E-state index in [1.807, 2.05) is 6.07 Å². The number of fused-ring (bicyclic) bond motifs is 1. The minimum atomic E-state index is -0.966. The van der Waals surface area contributed by atoms with Gasteiger partial charge in [-0.15, -0.1) is 0 Å². The van der Waals surface area contributed by atoms with Gasteiger partial charge in [0.2, 0.25) is 11.8 Å². The molecule has 4 heterocycles. The van der Waals surface area contributed by atoms with Gasteiger partial charge >= 0.3 is 0 Å². The van der Waals surface area contributed by atoms with Crippen molar-refractivity contribution in [3.05, 3.63) is 52.6 Å². The second-order valence-corrected chi connectivity index (χ2v) is 11.9. The van der Waals surface area contributed by atoms with Crippen LogP contribution in [-0.4, -0.2) is 78.9 Å². The zero-order chi connectivity index (χ0) is 27.9. The summed E-state index contributed by atoms with van der Waals surface area (Å²) < 4.78 is 5.68. The van der Waals surface area contributed by atoms with Crippen molar-refractivity contribution >= 4 is 29.3 Å². The fraction of sp³-hybridized carbons (Fsp3) is 0.548. The van der Waals surface area contributed by atoms with E-state index in [1.165, 1.54) is 30.4 Å². The van der Waals surface area contributed by atoms with Gasteiger partial charge in [-0.05, 0) is 74.7 Å². The van der Waals surface area contributed by atoms with Crippen LogP contribution in [0.3, 0.4) is 0 Å². The number of anilines is 1. The largest absolute Gasteiger partial charge is 0.384 e. The van der Waals surface area contributed by atoms with Crippen LogP contribution >= 0.6 is 0 Å². The zero-order valence-electron chi connectivity index (χ0n) is 23.2. The number of benzene rings is 1. The Balaban J connectivity index is 1.09. The molecular formula is C31H38N4O5. The third-order valence-corrected chi connectivity index (χ3v) is 9.48. The molecule has 5 aliphatic rings. The first-order chi connectivity index (χ1) is 19.4. The number of nitrogens with zero attached hydrogens (tertiary/aromatic N) is 2. The van der Waals surface area contributed by atoms with E-state index >= 15 is 0 Å². The molecule has 9 nitrogen and oxygen atoms in total. The Hall–Kier alpha value is -3.30. The molecule has 1 aromatic rings. The van der Waals surface area contributed by atoms with E-state index in [0.717, 1.165) is 50.6 Å². The predicted octanol–water partition coefficient (Wildman–Crippen LogP) is 3.28. The summed E-state index contributed by atoms with van der Waals surface area (Å²) in [5, 5.41) is 5.70. The van der Waals surface area contributed by atoms with Crippen molar-refractivity contribution < 1.29 is 23.9 Å². The van der Waals surface area contributed by atoms with Crippen molar-refractivity contribution in [2.24, 2.45) is 11.3 Å². The molecule has 2 unspecified atom stereocenters. The topological polar surface area (TPSA) is 108 Å². The molecule has 9 heteroatoms. The van der Waals surface area contributed by atoms with Gasteiger partial charge in [-0.3, -0.25) is 34.3 Å². The summed E-state index contributed by atoms with van der Waals surface area (Å²) in [7, 11) is 0. The summed E-state index contributed by atoms with van der Waals surface area (Å²) in [5.41, 5.74) is 4.40. The number of hydrogen-bond acceptors (Lipinski definition) is 7. The van der Waals surface area contributed by atoms with E-state index in [9.17, 15) is 19.2 Å². The van der Waals surface area contributed by atoms with Crippen LogP contribution in [0.1, 0.15) is 72.6 Å².